The molecule has 5 nitrogen and oxygen atoms in total. The van der Waals surface area contributed by atoms with Crippen LogP contribution in [0.3, 0.4) is 0 Å². The molecule has 0 amide bonds. The molecule has 4 rings (SSSR count). The zero-order valence-corrected chi connectivity index (χ0v) is 20.5. The van der Waals surface area contributed by atoms with Gasteiger partial charge in [0.1, 0.15) is 17.7 Å². The first-order valence-electron chi connectivity index (χ1n) is 11.6. The van der Waals surface area contributed by atoms with Crippen LogP contribution in [0.1, 0.15) is 22.8 Å². The lowest BCUT2D eigenvalue weighted by atomic mass is 9.99. The number of halogens is 5. The number of sulfonamides is 1. The smallest absolute Gasteiger partial charge is 0.367 e. The SMILES string of the molecule is O=S(=O)(c1cc(F)cc(F)c1)N1CCN(CCO[C@H](c2ccccc2)c2cccc(C(F)(F)F)c2)CC1. The van der Waals surface area contributed by atoms with Crippen molar-refractivity contribution in [2.75, 3.05) is 39.3 Å². The summed E-state index contributed by atoms with van der Waals surface area (Å²) in [6.45, 7) is 1.58. The molecule has 1 heterocycles. The van der Waals surface area contributed by atoms with E-state index in [9.17, 15) is 30.4 Å². The molecule has 0 radical (unpaired) electrons. The molecule has 198 valence electrons. The minimum absolute atomic E-state index is 0.121. The zero-order valence-electron chi connectivity index (χ0n) is 19.7. The molecule has 1 fully saturated rings. The Hall–Kier alpha value is -2.86. The molecule has 0 N–H and O–H groups in total. The van der Waals surface area contributed by atoms with Crippen LogP contribution in [0.2, 0.25) is 0 Å². The van der Waals surface area contributed by atoms with E-state index in [-0.39, 0.29) is 19.7 Å². The minimum atomic E-state index is -4.48. The van der Waals surface area contributed by atoms with Crippen molar-refractivity contribution in [3.05, 3.63) is 101 Å². The summed E-state index contributed by atoms with van der Waals surface area (Å²) in [5.74, 6) is -1.94. The van der Waals surface area contributed by atoms with Gasteiger partial charge in [-0.3, -0.25) is 4.90 Å². The number of hydrogen-bond acceptors (Lipinski definition) is 4. The van der Waals surface area contributed by atoms with Crippen LogP contribution in [0, 0.1) is 11.6 Å². The van der Waals surface area contributed by atoms with Gasteiger partial charge in [-0.2, -0.15) is 17.5 Å². The van der Waals surface area contributed by atoms with Crippen molar-refractivity contribution in [2.45, 2.75) is 17.2 Å². The first-order valence-corrected chi connectivity index (χ1v) is 13.0. The molecular weight excluding hydrogens is 515 g/mol. The molecule has 0 aromatic heterocycles. The largest absolute Gasteiger partial charge is 0.416 e. The monoisotopic (exact) mass is 540 g/mol. The predicted molar refractivity (Wildman–Crippen MR) is 127 cm³/mol. The van der Waals surface area contributed by atoms with Gasteiger partial charge in [0, 0.05) is 38.8 Å². The Morgan fingerprint density at radius 2 is 1.43 bits per heavy atom. The van der Waals surface area contributed by atoms with Gasteiger partial charge < -0.3 is 4.74 Å². The molecule has 1 aliphatic heterocycles. The molecule has 1 aliphatic rings. The molecule has 0 unspecified atom stereocenters. The molecule has 1 saturated heterocycles. The molecule has 0 saturated carbocycles. The van der Waals surface area contributed by atoms with Crippen LogP contribution in [-0.4, -0.2) is 57.0 Å². The maximum atomic E-state index is 13.5. The summed E-state index contributed by atoms with van der Waals surface area (Å²) in [6, 6.07) is 16.1. The van der Waals surface area contributed by atoms with Crippen molar-refractivity contribution in [3.8, 4) is 0 Å². The Labute approximate surface area is 212 Å². The molecule has 3 aromatic carbocycles. The van der Waals surface area contributed by atoms with Gasteiger partial charge >= 0.3 is 6.18 Å². The summed E-state index contributed by atoms with van der Waals surface area (Å²) < 4.78 is 99.6. The van der Waals surface area contributed by atoms with Gasteiger partial charge in [0.15, 0.2) is 0 Å². The van der Waals surface area contributed by atoms with Crippen LogP contribution in [0.25, 0.3) is 0 Å². The van der Waals surface area contributed by atoms with Crippen molar-refractivity contribution < 1.29 is 35.1 Å². The van der Waals surface area contributed by atoms with E-state index < -0.39 is 44.4 Å². The quantitative estimate of drug-likeness (QED) is 0.374. The summed E-state index contributed by atoms with van der Waals surface area (Å²) in [7, 11) is -4.05. The topological polar surface area (TPSA) is 49.9 Å². The number of benzene rings is 3. The van der Waals surface area contributed by atoms with Crippen molar-refractivity contribution in [1.29, 1.82) is 0 Å². The summed E-state index contributed by atoms with van der Waals surface area (Å²) in [5, 5.41) is 0. The molecule has 0 aliphatic carbocycles. The lowest BCUT2D eigenvalue weighted by Crippen LogP contribution is -2.49. The Kier molecular flexibility index (Phi) is 8.27. The van der Waals surface area contributed by atoms with E-state index in [1.807, 2.05) is 4.90 Å². The second kappa shape index (κ2) is 11.3. The van der Waals surface area contributed by atoms with E-state index in [2.05, 4.69) is 0 Å². The number of nitrogens with zero attached hydrogens (tertiary/aromatic N) is 2. The highest BCUT2D eigenvalue weighted by atomic mass is 32.2. The highest BCUT2D eigenvalue weighted by Crippen LogP contribution is 2.33. The Balaban J connectivity index is 1.38. The molecule has 0 spiro atoms. The fourth-order valence-electron chi connectivity index (χ4n) is 4.21. The Bertz CT molecular complexity index is 1290. The highest BCUT2D eigenvalue weighted by molar-refractivity contribution is 7.89. The van der Waals surface area contributed by atoms with E-state index in [4.69, 9.17) is 4.74 Å². The lowest BCUT2D eigenvalue weighted by Gasteiger charge is -2.34. The summed E-state index contributed by atoms with van der Waals surface area (Å²) in [6.07, 6.45) is -5.19. The van der Waals surface area contributed by atoms with E-state index in [1.165, 1.54) is 10.4 Å². The summed E-state index contributed by atoms with van der Waals surface area (Å²) in [5.41, 5.74) is 0.323. The predicted octanol–water partition coefficient (Wildman–Crippen LogP) is 5.10. The van der Waals surface area contributed by atoms with Crippen molar-refractivity contribution in [1.82, 2.24) is 9.21 Å². The van der Waals surface area contributed by atoms with Crippen LogP contribution in [-0.2, 0) is 20.9 Å². The van der Waals surface area contributed by atoms with E-state index in [1.54, 1.807) is 36.4 Å². The van der Waals surface area contributed by atoms with Crippen molar-refractivity contribution in [3.63, 3.8) is 0 Å². The maximum absolute atomic E-state index is 13.5. The molecule has 37 heavy (non-hydrogen) atoms. The Morgan fingerprint density at radius 3 is 2.05 bits per heavy atom. The van der Waals surface area contributed by atoms with E-state index in [0.717, 1.165) is 24.3 Å². The summed E-state index contributed by atoms with van der Waals surface area (Å²) >= 11 is 0. The number of ether oxygens (including phenoxy) is 1. The van der Waals surface area contributed by atoms with Crippen LogP contribution < -0.4 is 0 Å². The average molecular weight is 541 g/mol. The van der Waals surface area contributed by atoms with Crippen molar-refractivity contribution in [2.24, 2.45) is 0 Å². The van der Waals surface area contributed by atoms with E-state index in [0.29, 0.717) is 36.8 Å². The van der Waals surface area contributed by atoms with Gasteiger partial charge in [-0.05, 0) is 35.4 Å². The Morgan fingerprint density at radius 1 is 0.811 bits per heavy atom. The van der Waals surface area contributed by atoms with Gasteiger partial charge in [-0.15, -0.1) is 0 Å². The van der Waals surface area contributed by atoms with Gasteiger partial charge in [-0.25, -0.2) is 17.2 Å². The molecule has 0 bridgehead atoms. The third-order valence-electron chi connectivity index (χ3n) is 6.12. The molecule has 3 aromatic rings. The van der Waals surface area contributed by atoms with Gasteiger partial charge in [0.25, 0.3) is 0 Å². The lowest BCUT2D eigenvalue weighted by molar-refractivity contribution is -0.137. The van der Waals surface area contributed by atoms with Gasteiger partial charge in [0.05, 0.1) is 17.1 Å². The number of rotatable bonds is 8. The second-order valence-corrected chi connectivity index (χ2v) is 10.6. The van der Waals surface area contributed by atoms with Crippen molar-refractivity contribution >= 4 is 10.0 Å². The zero-order chi connectivity index (χ0) is 26.6. The molecular formula is C26H25F5N2O3S. The average Bonchev–Trinajstić information content (AvgIpc) is 2.86. The normalized spacial score (nSPS) is 16.6. The molecule has 1 atom stereocenters. The van der Waals surface area contributed by atoms with Crippen LogP contribution in [0.4, 0.5) is 22.0 Å². The number of piperazine rings is 1. The number of hydrogen-bond donors (Lipinski definition) is 0. The third-order valence-corrected chi connectivity index (χ3v) is 7.99. The van der Waals surface area contributed by atoms with Gasteiger partial charge in [-0.1, -0.05) is 42.5 Å². The number of alkyl halides is 3. The summed E-state index contributed by atoms with van der Waals surface area (Å²) in [4.78, 5) is 1.53. The fraction of sp³-hybridized carbons (Fsp3) is 0.308. The van der Waals surface area contributed by atoms with Gasteiger partial charge in [0.2, 0.25) is 10.0 Å². The maximum Gasteiger partial charge on any atom is 0.416 e. The third kappa shape index (κ3) is 6.72. The van der Waals surface area contributed by atoms with Crippen LogP contribution in [0.15, 0.2) is 77.7 Å². The minimum Gasteiger partial charge on any atom is -0.367 e. The fourth-order valence-corrected chi connectivity index (χ4v) is 5.68. The van der Waals surface area contributed by atoms with Crippen LogP contribution >= 0.6 is 0 Å². The second-order valence-electron chi connectivity index (χ2n) is 8.64. The first-order chi connectivity index (χ1) is 17.5. The van der Waals surface area contributed by atoms with E-state index >= 15 is 0 Å². The standard InChI is InChI=1S/C26H25F5N2O3S/c27-22-16-23(28)18-24(17-22)37(34,35)33-11-9-32(10-12-33)13-14-36-25(19-5-2-1-3-6-19)20-7-4-8-21(15-20)26(29,30)31/h1-8,15-18,25H,9-14H2/t25-/m1/s1. The first kappa shape index (κ1) is 27.2. The van der Waals surface area contributed by atoms with Crippen LogP contribution in [0.5, 0.6) is 0 Å². The molecule has 11 heteroatoms. The highest BCUT2D eigenvalue weighted by Gasteiger charge is 2.32.